The first-order valence-corrected chi connectivity index (χ1v) is 6.70. The van der Waals surface area contributed by atoms with Gasteiger partial charge in [0.25, 0.3) is 0 Å². The highest BCUT2D eigenvalue weighted by molar-refractivity contribution is 5.94. The number of hydrogen-bond acceptors (Lipinski definition) is 4. The third-order valence-corrected chi connectivity index (χ3v) is 3.82. The van der Waals surface area contributed by atoms with Crippen LogP contribution < -0.4 is 0 Å². The molecule has 0 spiro atoms. The van der Waals surface area contributed by atoms with Gasteiger partial charge in [0, 0.05) is 6.04 Å². The van der Waals surface area contributed by atoms with Crippen LogP contribution in [0.1, 0.15) is 30.3 Å². The molecular weight excluding hydrogens is 228 g/mol. The van der Waals surface area contributed by atoms with E-state index in [4.69, 9.17) is 4.42 Å². The van der Waals surface area contributed by atoms with E-state index in [-0.39, 0.29) is 5.78 Å². The predicted molar refractivity (Wildman–Crippen MR) is 70.8 cm³/mol. The average Bonchev–Trinajstić information content (AvgIpc) is 2.92. The Kier molecular flexibility index (Phi) is 4.55. The fraction of sp³-hybridized carbons (Fsp3) is 0.643. The van der Waals surface area contributed by atoms with Crippen molar-refractivity contribution in [2.45, 2.75) is 25.8 Å². The fourth-order valence-electron chi connectivity index (χ4n) is 2.55. The SMILES string of the molecule is CCN1CCC(N(C)CC(=O)c2ccco2)CC1. The van der Waals surface area contributed by atoms with Crippen molar-refractivity contribution in [2.24, 2.45) is 0 Å². The number of likely N-dealkylation sites (N-methyl/N-ethyl adjacent to an activating group) is 1. The van der Waals surface area contributed by atoms with Crippen LogP contribution >= 0.6 is 0 Å². The predicted octanol–water partition coefficient (Wildman–Crippen LogP) is 1.88. The minimum absolute atomic E-state index is 0.0698. The first kappa shape index (κ1) is 13.3. The maximum Gasteiger partial charge on any atom is 0.211 e. The lowest BCUT2D eigenvalue weighted by molar-refractivity contribution is 0.0833. The van der Waals surface area contributed by atoms with Crippen molar-refractivity contribution < 1.29 is 9.21 Å². The molecule has 0 radical (unpaired) electrons. The van der Waals surface area contributed by atoms with E-state index in [2.05, 4.69) is 16.7 Å². The average molecular weight is 250 g/mol. The molecule has 1 fully saturated rings. The fourth-order valence-corrected chi connectivity index (χ4v) is 2.55. The first-order valence-electron chi connectivity index (χ1n) is 6.70. The number of ketones is 1. The Labute approximate surface area is 109 Å². The molecule has 0 unspecified atom stereocenters. The lowest BCUT2D eigenvalue weighted by atomic mass is 10.0. The molecule has 0 amide bonds. The molecule has 0 aliphatic carbocycles. The molecule has 18 heavy (non-hydrogen) atoms. The molecule has 4 nitrogen and oxygen atoms in total. The third kappa shape index (κ3) is 3.21. The number of carbonyl (C=O) groups is 1. The second-order valence-electron chi connectivity index (χ2n) is 4.98. The van der Waals surface area contributed by atoms with E-state index >= 15 is 0 Å². The van der Waals surface area contributed by atoms with Crippen molar-refractivity contribution in [1.29, 1.82) is 0 Å². The van der Waals surface area contributed by atoms with E-state index in [9.17, 15) is 4.79 Å². The molecule has 0 bridgehead atoms. The van der Waals surface area contributed by atoms with Crippen LogP contribution in [0.5, 0.6) is 0 Å². The molecule has 1 saturated heterocycles. The zero-order valence-electron chi connectivity index (χ0n) is 11.3. The van der Waals surface area contributed by atoms with E-state index in [1.165, 1.54) is 0 Å². The Morgan fingerprint density at radius 2 is 2.22 bits per heavy atom. The highest BCUT2D eigenvalue weighted by atomic mass is 16.3. The van der Waals surface area contributed by atoms with E-state index in [1.54, 1.807) is 18.4 Å². The molecule has 2 rings (SSSR count). The summed E-state index contributed by atoms with van der Waals surface area (Å²) < 4.78 is 5.13. The molecule has 1 aromatic heterocycles. The van der Waals surface area contributed by atoms with Crippen molar-refractivity contribution in [3.63, 3.8) is 0 Å². The van der Waals surface area contributed by atoms with Crippen molar-refractivity contribution in [1.82, 2.24) is 9.80 Å². The second-order valence-corrected chi connectivity index (χ2v) is 4.98. The number of piperidine rings is 1. The van der Waals surface area contributed by atoms with E-state index in [0.717, 1.165) is 32.5 Å². The lowest BCUT2D eigenvalue weighted by Gasteiger charge is -2.35. The van der Waals surface area contributed by atoms with Crippen LogP contribution in [0.25, 0.3) is 0 Å². The maximum atomic E-state index is 11.9. The standard InChI is InChI=1S/C14H22N2O2/c1-3-16-8-6-12(7-9-16)15(2)11-13(17)14-5-4-10-18-14/h4-5,10,12H,3,6-9,11H2,1-2H3. The Morgan fingerprint density at radius 3 is 2.78 bits per heavy atom. The van der Waals surface area contributed by atoms with Gasteiger partial charge in [0.2, 0.25) is 5.78 Å². The molecule has 0 aromatic carbocycles. The van der Waals surface area contributed by atoms with Crippen LogP contribution in [0.4, 0.5) is 0 Å². The summed E-state index contributed by atoms with van der Waals surface area (Å²) in [5, 5.41) is 0. The number of likely N-dealkylation sites (tertiary alicyclic amines) is 1. The smallest absolute Gasteiger partial charge is 0.211 e. The summed E-state index contributed by atoms with van der Waals surface area (Å²) >= 11 is 0. The zero-order chi connectivity index (χ0) is 13.0. The number of nitrogens with zero attached hydrogens (tertiary/aromatic N) is 2. The minimum atomic E-state index is 0.0698. The topological polar surface area (TPSA) is 36.7 Å². The van der Waals surface area contributed by atoms with Gasteiger partial charge in [-0.25, -0.2) is 0 Å². The van der Waals surface area contributed by atoms with Gasteiger partial charge >= 0.3 is 0 Å². The molecule has 0 atom stereocenters. The monoisotopic (exact) mass is 250 g/mol. The summed E-state index contributed by atoms with van der Waals surface area (Å²) in [6.45, 7) is 6.05. The number of carbonyl (C=O) groups excluding carboxylic acids is 1. The van der Waals surface area contributed by atoms with Crippen LogP contribution in [0, 0.1) is 0 Å². The first-order chi connectivity index (χ1) is 8.70. The molecule has 1 aliphatic rings. The highest BCUT2D eigenvalue weighted by Crippen LogP contribution is 2.15. The molecule has 1 aliphatic heterocycles. The summed E-state index contributed by atoms with van der Waals surface area (Å²) in [7, 11) is 2.03. The van der Waals surface area contributed by atoms with E-state index in [1.807, 2.05) is 7.05 Å². The van der Waals surface area contributed by atoms with Crippen LogP contribution in [0.15, 0.2) is 22.8 Å². The van der Waals surface area contributed by atoms with Gasteiger partial charge in [0.05, 0.1) is 12.8 Å². The zero-order valence-corrected chi connectivity index (χ0v) is 11.3. The summed E-state index contributed by atoms with van der Waals surface area (Å²) in [6, 6.07) is 4.01. The van der Waals surface area contributed by atoms with E-state index in [0.29, 0.717) is 18.3 Å². The van der Waals surface area contributed by atoms with Crippen LogP contribution in [0.2, 0.25) is 0 Å². The maximum absolute atomic E-state index is 11.9. The van der Waals surface area contributed by atoms with Gasteiger partial charge in [-0.3, -0.25) is 9.69 Å². The molecule has 2 heterocycles. The van der Waals surface area contributed by atoms with Gasteiger partial charge in [-0.15, -0.1) is 0 Å². The summed E-state index contributed by atoms with van der Waals surface area (Å²) in [5.74, 6) is 0.535. The van der Waals surface area contributed by atoms with Gasteiger partial charge in [0.1, 0.15) is 0 Å². The van der Waals surface area contributed by atoms with Gasteiger partial charge in [-0.1, -0.05) is 6.92 Å². The van der Waals surface area contributed by atoms with Crippen LogP contribution in [0.3, 0.4) is 0 Å². The highest BCUT2D eigenvalue weighted by Gasteiger charge is 2.23. The second kappa shape index (κ2) is 6.16. The van der Waals surface area contributed by atoms with E-state index < -0.39 is 0 Å². The largest absolute Gasteiger partial charge is 0.461 e. The normalized spacial score (nSPS) is 18.4. The molecule has 0 saturated carbocycles. The summed E-state index contributed by atoms with van der Waals surface area (Å²) in [4.78, 5) is 16.6. The van der Waals surface area contributed by atoms with Crippen molar-refractivity contribution in [2.75, 3.05) is 33.2 Å². The Morgan fingerprint density at radius 1 is 1.50 bits per heavy atom. The van der Waals surface area contributed by atoms with Gasteiger partial charge in [-0.2, -0.15) is 0 Å². The van der Waals surface area contributed by atoms with Gasteiger partial charge < -0.3 is 9.32 Å². The lowest BCUT2D eigenvalue weighted by Crippen LogP contribution is -2.44. The Balaban J connectivity index is 1.82. The third-order valence-electron chi connectivity index (χ3n) is 3.82. The molecule has 0 N–H and O–H groups in total. The van der Waals surface area contributed by atoms with Crippen molar-refractivity contribution in [3.8, 4) is 0 Å². The van der Waals surface area contributed by atoms with Crippen LogP contribution in [-0.4, -0.2) is 54.9 Å². The molecular formula is C14H22N2O2. The summed E-state index contributed by atoms with van der Waals surface area (Å²) in [5.41, 5.74) is 0. The van der Waals surface area contributed by atoms with Crippen molar-refractivity contribution in [3.05, 3.63) is 24.2 Å². The number of furan rings is 1. The van der Waals surface area contributed by atoms with Crippen molar-refractivity contribution >= 4 is 5.78 Å². The number of Topliss-reactive ketones (excluding diaryl/α,β-unsaturated/α-hetero) is 1. The molecule has 1 aromatic rings. The van der Waals surface area contributed by atoms with Crippen LogP contribution in [-0.2, 0) is 0 Å². The number of hydrogen-bond donors (Lipinski definition) is 0. The summed E-state index contributed by atoms with van der Waals surface area (Å²) in [6.07, 6.45) is 3.85. The Bertz CT molecular complexity index is 367. The minimum Gasteiger partial charge on any atom is -0.461 e. The van der Waals surface area contributed by atoms with Gasteiger partial charge in [-0.05, 0) is 51.7 Å². The van der Waals surface area contributed by atoms with Gasteiger partial charge in [0.15, 0.2) is 5.76 Å². The molecule has 4 heteroatoms. The number of rotatable bonds is 5. The Hall–Kier alpha value is -1.13. The molecule has 100 valence electrons. The quantitative estimate of drug-likeness (QED) is 0.748.